The van der Waals surface area contributed by atoms with Gasteiger partial charge in [-0.3, -0.25) is 4.72 Å². The number of hydrogen-bond donors (Lipinski definition) is 1. The van der Waals surface area contributed by atoms with Gasteiger partial charge in [-0.2, -0.15) is 0 Å². The maximum Gasteiger partial charge on any atom is 0.263 e. The Morgan fingerprint density at radius 3 is 2.02 bits per heavy atom. The molecule has 0 atom stereocenters. The molecule has 0 unspecified atom stereocenters. The van der Waals surface area contributed by atoms with Crippen LogP contribution in [0.25, 0.3) is 33.0 Å². The molecule has 2 aromatic heterocycles. The zero-order valence-electron chi connectivity index (χ0n) is 24.3. The van der Waals surface area contributed by atoms with Crippen molar-refractivity contribution in [2.24, 2.45) is 0 Å². The zero-order valence-corrected chi connectivity index (χ0v) is 25.9. The monoisotopic (exact) mass is 632 g/mol. The molecule has 0 bridgehead atoms. The lowest BCUT2D eigenvalue weighted by atomic mass is 10.1. The Morgan fingerprint density at radius 1 is 0.667 bits per heavy atom. The third-order valence-electron chi connectivity index (χ3n) is 7.84. The van der Waals surface area contributed by atoms with Crippen LogP contribution >= 0.6 is 0 Å². The van der Waals surface area contributed by atoms with E-state index in [2.05, 4.69) is 4.72 Å². The Hall–Kier alpha value is -5.06. The van der Waals surface area contributed by atoms with Gasteiger partial charge in [-0.15, -0.1) is 0 Å². The molecule has 45 heavy (non-hydrogen) atoms. The summed E-state index contributed by atoms with van der Waals surface area (Å²) in [5.74, 6) is -0.107. The number of sulfone groups is 1. The van der Waals surface area contributed by atoms with E-state index in [1.54, 1.807) is 47.0 Å². The first-order chi connectivity index (χ1) is 21.7. The van der Waals surface area contributed by atoms with Crippen molar-refractivity contribution in [2.75, 3.05) is 4.72 Å². The van der Waals surface area contributed by atoms with Crippen LogP contribution in [0.2, 0.25) is 0 Å². The number of anilines is 1. The maximum absolute atomic E-state index is 14.5. The minimum absolute atomic E-state index is 0.00540. The van der Waals surface area contributed by atoms with E-state index in [0.717, 1.165) is 21.9 Å². The summed E-state index contributed by atoms with van der Waals surface area (Å²) in [7, 11) is -8.55. The van der Waals surface area contributed by atoms with Crippen molar-refractivity contribution in [3.8, 4) is 0 Å². The molecule has 1 N–H and O–H groups in total. The summed E-state index contributed by atoms with van der Waals surface area (Å²) in [6.07, 6.45) is 0.494. The molecule has 2 heterocycles. The van der Waals surface area contributed by atoms with Crippen LogP contribution in [0.5, 0.6) is 0 Å². The van der Waals surface area contributed by atoms with Crippen LogP contribution in [0.3, 0.4) is 0 Å². The third-order valence-corrected chi connectivity index (χ3v) is 11.0. The Morgan fingerprint density at radius 2 is 1.29 bits per heavy atom. The van der Waals surface area contributed by atoms with Gasteiger partial charge in [0.25, 0.3) is 10.0 Å². The van der Waals surface area contributed by atoms with Gasteiger partial charge in [0.2, 0.25) is 9.84 Å². The number of rotatable bonds is 8. The summed E-state index contributed by atoms with van der Waals surface area (Å²) in [6.45, 7) is 2.11. The zero-order chi connectivity index (χ0) is 31.2. The van der Waals surface area contributed by atoms with Crippen molar-refractivity contribution in [1.82, 2.24) is 14.5 Å². The first-order valence-corrected chi connectivity index (χ1v) is 17.3. The molecule has 0 spiro atoms. The third kappa shape index (κ3) is 5.32. The molecular formula is C35H28N4O4S2. The molecule has 7 aromatic rings. The molecule has 5 aromatic carbocycles. The second-order valence-corrected chi connectivity index (χ2v) is 14.4. The summed E-state index contributed by atoms with van der Waals surface area (Å²) in [6, 6.07) is 35.6. The quantitative estimate of drug-likeness (QED) is 0.195. The van der Waals surface area contributed by atoms with E-state index in [1.165, 1.54) is 18.2 Å². The molecule has 10 heteroatoms. The van der Waals surface area contributed by atoms with Crippen molar-refractivity contribution < 1.29 is 16.8 Å². The second kappa shape index (κ2) is 11.1. The van der Waals surface area contributed by atoms with Gasteiger partial charge in [0.05, 0.1) is 20.8 Å². The molecule has 0 aliphatic rings. The van der Waals surface area contributed by atoms with Crippen LogP contribution in [0.15, 0.2) is 136 Å². The van der Waals surface area contributed by atoms with Crippen molar-refractivity contribution in [1.29, 1.82) is 0 Å². The molecule has 0 aliphatic carbocycles. The summed E-state index contributed by atoms with van der Waals surface area (Å²) < 4.78 is 61.4. The molecule has 0 amide bonds. The van der Waals surface area contributed by atoms with Crippen LogP contribution in [0.1, 0.15) is 11.1 Å². The van der Waals surface area contributed by atoms with Crippen molar-refractivity contribution >= 4 is 58.6 Å². The minimum Gasteiger partial charge on any atom is -0.309 e. The lowest BCUT2D eigenvalue weighted by molar-refractivity contribution is 0.596. The van der Waals surface area contributed by atoms with Gasteiger partial charge in [0, 0.05) is 6.54 Å². The first-order valence-electron chi connectivity index (χ1n) is 14.4. The van der Waals surface area contributed by atoms with Crippen LogP contribution in [-0.4, -0.2) is 31.4 Å². The minimum atomic E-state index is -4.28. The number of sulfonamides is 1. The van der Waals surface area contributed by atoms with E-state index >= 15 is 0 Å². The molecule has 0 aliphatic heterocycles. The Kier molecular flexibility index (Phi) is 7.10. The van der Waals surface area contributed by atoms with Crippen LogP contribution in [-0.2, 0) is 32.8 Å². The normalized spacial score (nSPS) is 12.2. The number of para-hydroxylation sites is 2. The van der Waals surface area contributed by atoms with Gasteiger partial charge in [-0.1, -0.05) is 90.5 Å². The predicted octanol–water partition coefficient (Wildman–Crippen LogP) is 6.92. The number of aryl methyl sites for hydroxylation is 3. The lowest BCUT2D eigenvalue weighted by Crippen LogP contribution is -2.19. The number of benzene rings is 5. The number of fused-ring (bicyclic) bond motifs is 3. The van der Waals surface area contributed by atoms with Gasteiger partial charge in [0.15, 0.2) is 5.65 Å². The Balaban J connectivity index is 1.49. The molecule has 8 nitrogen and oxygen atoms in total. The molecule has 0 fully saturated rings. The Bertz CT molecular complexity index is 2440. The molecule has 0 saturated carbocycles. The van der Waals surface area contributed by atoms with E-state index < -0.39 is 19.9 Å². The van der Waals surface area contributed by atoms with Gasteiger partial charge >= 0.3 is 0 Å². The number of aromatic nitrogens is 3. The fraction of sp³-hybridized carbons (Fsp3) is 0.0857. The van der Waals surface area contributed by atoms with Crippen LogP contribution in [0.4, 0.5) is 5.82 Å². The van der Waals surface area contributed by atoms with Crippen molar-refractivity contribution in [3.05, 3.63) is 132 Å². The summed E-state index contributed by atoms with van der Waals surface area (Å²) in [5.41, 5.74) is 3.31. The molecule has 7 rings (SSSR count). The highest BCUT2D eigenvalue weighted by Crippen LogP contribution is 2.38. The van der Waals surface area contributed by atoms with E-state index in [1.807, 2.05) is 67.6 Å². The standard InChI is InChI=1S/C35H28N4O4S2/c1-24-15-18-28(19-16-24)44(40,41)33-32-34(37-31-14-8-7-13-30(31)36-32)39(22-21-25-9-3-2-4-10-25)35(33)38-45(42,43)29-20-17-26-11-5-6-12-27(26)23-29/h2-20,23,38H,21-22H2,1H3. The Labute approximate surface area is 261 Å². The SMILES string of the molecule is Cc1ccc(S(=O)(=O)c2c(NS(=O)(=O)c3ccc4ccccc4c3)n(CCc3ccccc3)c3nc4ccccc4nc23)cc1. The highest BCUT2D eigenvalue weighted by atomic mass is 32.2. The smallest absolute Gasteiger partial charge is 0.263 e. The fourth-order valence-corrected chi connectivity index (χ4v) is 8.20. The number of nitrogens with one attached hydrogen (secondary N) is 1. The number of nitrogens with zero attached hydrogens (tertiary/aromatic N) is 3. The van der Waals surface area contributed by atoms with E-state index in [0.29, 0.717) is 17.5 Å². The van der Waals surface area contributed by atoms with Crippen LogP contribution in [0, 0.1) is 6.92 Å². The largest absolute Gasteiger partial charge is 0.309 e. The van der Waals surface area contributed by atoms with Gasteiger partial charge in [0.1, 0.15) is 16.2 Å². The highest BCUT2D eigenvalue weighted by Gasteiger charge is 2.33. The topological polar surface area (TPSA) is 111 Å². The van der Waals surface area contributed by atoms with E-state index in [4.69, 9.17) is 9.97 Å². The maximum atomic E-state index is 14.5. The molecule has 0 radical (unpaired) electrons. The van der Waals surface area contributed by atoms with E-state index in [9.17, 15) is 16.8 Å². The van der Waals surface area contributed by atoms with E-state index in [-0.39, 0.29) is 38.2 Å². The number of hydrogen-bond acceptors (Lipinski definition) is 6. The molecule has 0 saturated heterocycles. The van der Waals surface area contributed by atoms with Gasteiger partial charge in [-0.25, -0.2) is 26.8 Å². The molecule has 224 valence electrons. The lowest BCUT2D eigenvalue weighted by Gasteiger charge is -2.15. The summed E-state index contributed by atoms with van der Waals surface area (Å²) in [5, 5.41) is 1.63. The molecular weight excluding hydrogens is 605 g/mol. The van der Waals surface area contributed by atoms with Gasteiger partial charge < -0.3 is 4.57 Å². The highest BCUT2D eigenvalue weighted by molar-refractivity contribution is 7.93. The average Bonchev–Trinajstić information content (AvgIpc) is 3.34. The summed E-state index contributed by atoms with van der Waals surface area (Å²) in [4.78, 5) is 9.40. The van der Waals surface area contributed by atoms with Gasteiger partial charge in [-0.05, 0) is 66.1 Å². The predicted molar refractivity (Wildman–Crippen MR) is 177 cm³/mol. The van der Waals surface area contributed by atoms with Crippen LogP contribution < -0.4 is 4.72 Å². The average molecular weight is 633 g/mol. The second-order valence-electron chi connectivity index (χ2n) is 10.9. The first kappa shape index (κ1) is 28.7. The van der Waals surface area contributed by atoms with Crippen molar-refractivity contribution in [3.63, 3.8) is 0 Å². The van der Waals surface area contributed by atoms with Crippen molar-refractivity contribution in [2.45, 2.75) is 34.6 Å². The summed E-state index contributed by atoms with van der Waals surface area (Å²) >= 11 is 0. The fourth-order valence-electron chi connectivity index (χ4n) is 5.49.